The van der Waals surface area contributed by atoms with E-state index >= 15 is 0 Å². The largest absolute Gasteiger partial charge is 0.458 e. The quantitative estimate of drug-likeness (QED) is 0.654. The second kappa shape index (κ2) is 6.56. The Morgan fingerprint density at radius 1 is 1.30 bits per heavy atom. The molecule has 2 fully saturated rings. The van der Waals surface area contributed by atoms with E-state index in [1.807, 2.05) is 6.07 Å². The molecule has 1 aliphatic carbocycles. The zero-order valence-electron chi connectivity index (χ0n) is 13.1. The molecule has 1 aromatic heterocycles. The molecule has 124 valence electrons. The van der Waals surface area contributed by atoms with Gasteiger partial charge >= 0.3 is 5.97 Å². The van der Waals surface area contributed by atoms with Gasteiger partial charge in [-0.2, -0.15) is 0 Å². The summed E-state index contributed by atoms with van der Waals surface area (Å²) < 4.78 is 7.11. The van der Waals surface area contributed by atoms with Gasteiger partial charge in [0.05, 0.1) is 12.3 Å². The van der Waals surface area contributed by atoms with Crippen LogP contribution in [0.15, 0.2) is 29.2 Å². The van der Waals surface area contributed by atoms with Gasteiger partial charge in [-0.15, -0.1) is 0 Å². The van der Waals surface area contributed by atoms with Gasteiger partial charge < -0.3 is 14.6 Å². The number of pyridine rings is 1. The van der Waals surface area contributed by atoms with Crippen LogP contribution in [-0.2, 0) is 20.9 Å². The third-order valence-electron chi connectivity index (χ3n) is 4.86. The molecule has 3 rings (SSSR count). The van der Waals surface area contributed by atoms with Crippen LogP contribution in [0.4, 0.5) is 0 Å². The Balaban J connectivity index is 1.50. The number of ether oxygens (including phenoxy) is 1. The average Bonchev–Trinajstić information content (AvgIpc) is 3.12. The monoisotopic (exact) mass is 318 g/mol. The summed E-state index contributed by atoms with van der Waals surface area (Å²) in [5.74, 6) is -0.724. The van der Waals surface area contributed by atoms with Gasteiger partial charge in [0.2, 0.25) is 11.5 Å². The standard InChI is InChI=1S/C17H22N2O4/c20-14-6-1-4-10-19(14)11-5-9-18-16(22)13-12-15(21)23-17(13)7-2-3-8-17/h1,4,6,10,13H,2-3,5,7-9,11-12H2,(H,18,22). The second-order valence-electron chi connectivity index (χ2n) is 6.38. The van der Waals surface area contributed by atoms with Gasteiger partial charge in [-0.3, -0.25) is 14.4 Å². The minimum atomic E-state index is -0.558. The SMILES string of the molecule is O=C1CC(C(=O)NCCCn2ccccc2=O)C2(CCCC2)O1. The van der Waals surface area contributed by atoms with Crippen molar-refractivity contribution in [3.05, 3.63) is 34.7 Å². The summed E-state index contributed by atoms with van der Waals surface area (Å²) in [6, 6.07) is 5.04. The van der Waals surface area contributed by atoms with Gasteiger partial charge in [-0.05, 0) is 38.2 Å². The summed E-state index contributed by atoms with van der Waals surface area (Å²) in [5.41, 5.74) is -0.601. The summed E-state index contributed by atoms with van der Waals surface area (Å²) in [7, 11) is 0. The lowest BCUT2D eigenvalue weighted by molar-refractivity contribution is -0.149. The number of nitrogens with zero attached hydrogens (tertiary/aromatic N) is 1. The maximum atomic E-state index is 12.4. The van der Waals surface area contributed by atoms with Crippen LogP contribution in [0, 0.1) is 5.92 Å². The predicted molar refractivity (Wildman–Crippen MR) is 83.7 cm³/mol. The summed E-state index contributed by atoms with van der Waals surface area (Å²) >= 11 is 0. The number of nitrogens with one attached hydrogen (secondary N) is 1. The van der Waals surface area contributed by atoms with Crippen molar-refractivity contribution in [2.75, 3.05) is 6.54 Å². The highest BCUT2D eigenvalue weighted by Gasteiger charge is 2.53. The molecule has 0 bridgehead atoms. The molecule has 2 aliphatic rings. The molecule has 1 aliphatic heterocycles. The van der Waals surface area contributed by atoms with Gasteiger partial charge in [0.1, 0.15) is 5.60 Å². The van der Waals surface area contributed by atoms with E-state index in [0.717, 1.165) is 25.7 Å². The number of carbonyl (C=O) groups excluding carboxylic acids is 2. The molecule has 0 aromatic carbocycles. The van der Waals surface area contributed by atoms with Gasteiger partial charge in [0, 0.05) is 25.4 Å². The van der Waals surface area contributed by atoms with Crippen molar-refractivity contribution in [3.8, 4) is 0 Å². The maximum absolute atomic E-state index is 12.4. The molecule has 23 heavy (non-hydrogen) atoms. The van der Waals surface area contributed by atoms with E-state index in [1.165, 1.54) is 6.07 Å². The molecule has 1 N–H and O–H groups in total. The highest BCUT2D eigenvalue weighted by molar-refractivity contribution is 5.87. The van der Waals surface area contributed by atoms with Crippen LogP contribution in [-0.4, -0.2) is 28.6 Å². The first kappa shape index (κ1) is 15.8. The summed E-state index contributed by atoms with van der Waals surface area (Å²) in [6.07, 6.45) is 6.18. The number of aryl methyl sites for hydroxylation is 1. The van der Waals surface area contributed by atoms with E-state index < -0.39 is 5.60 Å². The van der Waals surface area contributed by atoms with Crippen molar-refractivity contribution in [3.63, 3.8) is 0 Å². The Hall–Kier alpha value is -2.11. The third kappa shape index (κ3) is 3.30. The summed E-state index contributed by atoms with van der Waals surface area (Å²) in [6.45, 7) is 1.05. The topological polar surface area (TPSA) is 77.4 Å². The fourth-order valence-electron chi connectivity index (χ4n) is 3.68. The van der Waals surface area contributed by atoms with E-state index in [9.17, 15) is 14.4 Å². The molecule has 6 nitrogen and oxygen atoms in total. The molecule has 0 radical (unpaired) electrons. The molecule has 2 heterocycles. The van der Waals surface area contributed by atoms with Gasteiger partial charge in [0.15, 0.2) is 0 Å². The molecular formula is C17H22N2O4. The van der Waals surface area contributed by atoms with Crippen LogP contribution in [0.5, 0.6) is 0 Å². The molecule has 1 aromatic rings. The first-order valence-electron chi connectivity index (χ1n) is 8.26. The number of hydrogen-bond acceptors (Lipinski definition) is 4. The fourth-order valence-corrected chi connectivity index (χ4v) is 3.68. The minimum absolute atomic E-state index is 0.0430. The molecule has 1 amide bonds. The van der Waals surface area contributed by atoms with Crippen LogP contribution in [0.2, 0.25) is 0 Å². The number of hydrogen-bond donors (Lipinski definition) is 1. The van der Waals surface area contributed by atoms with Crippen LogP contribution >= 0.6 is 0 Å². The lowest BCUT2D eigenvalue weighted by Gasteiger charge is -2.27. The Labute approximate surface area is 134 Å². The molecule has 1 unspecified atom stereocenters. The Kier molecular flexibility index (Phi) is 4.50. The molecule has 6 heteroatoms. The van der Waals surface area contributed by atoms with E-state index in [4.69, 9.17) is 4.74 Å². The Morgan fingerprint density at radius 2 is 2.09 bits per heavy atom. The zero-order valence-corrected chi connectivity index (χ0v) is 13.1. The lowest BCUT2D eigenvalue weighted by atomic mass is 9.85. The van der Waals surface area contributed by atoms with E-state index in [0.29, 0.717) is 19.5 Å². The second-order valence-corrected chi connectivity index (χ2v) is 6.38. The molecule has 1 saturated carbocycles. The van der Waals surface area contributed by atoms with E-state index in [2.05, 4.69) is 5.32 Å². The Morgan fingerprint density at radius 3 is 2.83 bits per heavy atom. The normalized spacial score (nSPS) is 22.3. The summed E-state index contributed by atoms with van der Waals surface area (Å²) in [5, 5.41) is 2.90. The molecular weight excluding hydrogens is 296 g/mol. The third-order valence-corrected chi connectivity index (χ3v) is 4.86. The number of rotatable bonds is 5. The predicted octanol–water partition coefficient (Wildman–Crippen LogP) is 1.23. The molecule has 1 atom stereocenters. The number of carbonyl (C=O) groups is 2. The van der Waals surface area contributed by atoms with Crippen molar-refractivity contribution in [2.24, 2.45) is 5.92 Å². The smallest absolute Gasteiger partial charge is 0.307 e. The van der Waals surface area contributed by atoms with Crippen LogP contribution in [0.3, 0.4) is 0 Å². The Bertz CT molecular complexity index is 646. The van der Waals surface area contributed by atoms with Crippen molar-refractivity contribution in [2.45, 2.75) is 50.7 Å². The number of amides is 1. The average molecular weight is 318 g/mol. The van der Waals surface area contributed by atoms with E-state index in [-0.39, 0.29) is 29.8 Å². The summed E-state index contributed by atoms with van der Waals surface area (Å²) in [4.78, 5) is 35.6. The van der Waals surface area contributed by atoms with Crippen LogP contribution < -0.4 is 10.9 Å². The van der Waals surface area contributed by atoms with Gasteiger partial charge in [0.25, 0.3) is 0 Å². The molecule has 1 saturated heterocycles. The van der Waals surface area contributed by atoms with Gasteiger partial charge in [-0.25, -0.2) is 0 Å². The maximum Gasteiger partial charge on any atom is 0.307 e. The zero-order chi connectivity index (χ0) is 16.3. The van der Waals surface area contributed by atoms with Crippen molar-refractivity contribution in [1.82, 2.24) is 9.88 Å². The number of aromatic nitrogens is 1. The lowest BCUT2D eigenvalue weighted by Crippen LogP contribution is -2.43. The van der Waals surface area contributed by atoms with Crippen LogP contribution in [0.25, 0.3) is 0 Å². The van der Waals surface area contributed by atoms with Crippen molar-refractivity contribution < 1.29 is 14.3 Å². The first-order valence-corrected chi connectivity index (χ1v) is 8.26. The van der Waals surface area contributed by atoms with E-state index in [1.54, 1.807) is 16.8 Å². The van der Waals surface area contributed by atoms with Crippen molar-refractivity contribution >= 4 is 11.9 Å². The fraction of sp³-hybridized carbons (Fsp3) is 0.588. The highest BCUT2D eigenvalue weighted by atomic mass is 16.6. The number of esters is 1. The van der Waals surface area contributed by atoms with Crippen molar-refractivity contribution in [1.29, 1.82) is 0 Å². The first-order chi connectivity index (χ1) is 11.1. The highest BCUT2D eigenvalue weighted by Crippen LogP contribution is 2.45. The molecule has 1 spiro atoms. The minimum Gasteiger partial charge on any atom is -0.458 e. The van der Waals surface area contributed by atoms with Gasteiger partial charge in [-0.1, -0.05) is 6.07 Å². The van der Waals surface area contributed by atoms with Crippen LogP contribution in [0.1, 0.15) is 38.5 Å².